The first-order valence-corrected chi connectivity index (χ1v) is 10.8. The molecule has 5 heteroatoms. The van der Waals surface area contributed by atoms with E-state index in [1.807, 2.05) is 0 Å². The second-order valence-corrected chi connectivity index (χ2v) is 9.05. The Morgan fingerprint density at radius 2 is 1.59 bits per heavy atom. The van der Waals surface area contributed by atoms with Gasteiger partial charge in [-0.3, -0.25) is 0 Å². The smallest absolute Gasteiger partial charge is 0.206 e. The standard InChI is InChI=1S/C24H27F5/c1-2-3-14-4-5-16-9-17(7-6-15(16)8-14)18-10-19-12-23(26)21(24(27,28)29)13-20(19)22(25)11-18/h10-17H,2-9H2,1H3. The van der Waals surface area contributed by atoms with Crippen LogP contribution in [0.5, 0.6) is 0 Å². The molecule has 0 heterocycles. The first-order valence-electron chi connectivity index (χ1n) is 10.8. The molecular weight excluding hydrogens is 383 g/mol. The maximum Gasteiger partial charge on any atom is 0.419 e. The van der Waals surface area contributed by atoms with E-state index in [2.05, 4.69) is 6.92 Å². The highest BCUT2D eigenvalue weighted by Gasteiger charge is 2.37. The van der Waals surface area contributed by atoms with Crippen LogP contribution in [0.1, 0.15) is 75.3 Å². The molecule has 0 aromatic heterocycles. The van der Waals surface area contributed by atoms with E-state index in [9.17, 15) is 22.0 Å². The largest absolute Gasteiger partial charge is 0.419 e. The van der Waals surface area contributed by atoms with Crippen LogP contribution in [0.25, 0.3) is 10.8 Å². The highest BCUT2D eigenvalue weighted by Crippen LogP contribution is 2.48. The molecular formula is C24H27F5. The summed E-state index contributed by atoms with van der Waals surface area (Å²) in [5.74, 6) is 0.375. The van der Waals surface area contributed by atoms with Crippen LogP contribution < -0.4 is 0 Å². The summed E-state index contributed by atoms with van der Waals surface area (Å²) >= 11 is 0. The van der Waals surface area contributed by atoms with Gasteiger partial charge in [0.25, 0.3) is 0 Å². The molecule has 0 aliphatic heterocycles. The zero-order valence-electron chi connectivity index (χ0n) is 16.7. The van der Waals surface area contributed by atoms with Gasteiger partial charge in [0, 0.05) is 5.39 Å². The molecule has 0 nitrogen and oxygen atoms in total. The number of alkyl halides is 3. The minimum absolute atomic E-state index is 0.170. The molecule has 0 spiro atoms. The summed E-state index contributed by atoms with van der Waals surface area (Å²) in [4.78, 5) is 0. The van der Waals surface area contributed by atoms with E-state index in [4.69, 9.17) is 0 Å². The van der Waals surface area contributed by atoms with E-state index < -0.39 is 23.4 Å². The predicted molar refractivity (Wildman–Crippen MR) is 105 cm³/mol. The van der Waals surface area contributed by atoms with Crippen molar-refractivity contribution < 1.29 is 22.0 Å². The summed E-state index contributed by atoms with van der Waals surface area (Å²) in [5.41, 5.74) is -0.621. The number of hydrogen-bond acceptors (Lipinski definition) is 0. The molecule has 2 fully saturated rings. The molecule has 4 atom stereocenters. The second kappa shape index (κ2) is 7.88. The molecule has 29 heavy (non-hydrogen) atoms. The van der Waals surface area contributed by atoms with Gasteiger partial charge in [0.15, 0.2) is 0 Å². The minimum atomic E-state index is -4.83. The third kappa shape index (κ3) is 4.15. The van der Waals surface area contributed by atoms with Gasteiger partial charge in [-0.15, -0.1) is 0 Å². The van der Waals surface area contributed by atoms with Gasteiger partial charge in [-0.2, -0.15) is 13.2 Å². The molecule has 2 aliphatic carbocycles. The Hall–Kier alpha value is -1.65. The lowest BCUT2D eigenvalue weighted by molar-refractivity contribution is -0.139. The molecule has 2 aliphatic rings. The Morgan fingerprint density at radius 3 is 2.31 bits per heavy atom. The fraction of sp³-hybridized carbons (Fsp3) is 0.583. The van der Waals surface area contributed by atoms with Crippen molar-refractivity contribution in [3.8, 4) is 0 Å². The Morgan fingerprint density at radius 1 is 0.862 bits per heavy atom. The van der Waals surface area contributed by atoms with Crippen LogP contribution in [0.4, 0.5) is 22.0 Å². The molecule has 0 bridgehead atoms. The number of benzene rings is 2. The van der Waals surface area contributed by atoms with Crippen LogP contribution in [0, 0.1) is 29.4 Å². The van der Waals surface area contributed by atoms with E-state index in [0.717, 1.165) is 42.7 Å². The lowest BCUT2D eigenvalue weighted by atomic mass is 9.63. The van der Waals surface area contributed by atoms with Gasteiger partial charge in [0.05, 0.1) is 5.56 Å². The number of rotatable bonds is 3. The molecule has 158 valence electrons. The quantitative estimate of drug-likeness (QED) is 0.447. The Labute approximate surface area is 168 Å². The Bertz CT molecular complexity index is 885. The van der Waals surface area contributed by atoms with Gasteiger partial charge in [0.2, 0.25) is 0 Å². The second-order valence-electron chi connectivity index (χ2n) is 9.05. The van der Waals surface area contributed by atoms with E-state index >= 15 is 0 Å². The van der Waals surface area contributed by atoms with Gasteiger partial charge in [-0.25, -0.2) is 8.78 Å². The fourth-order valence-corrected chi connectivity index (χ4v) is 5.77. The van der Waals surface area contributed by atoms with Crippen LogP contribution in [0.15, 0.2) is 24.3 Å². The maximum absolute atomic E-state index is 14.7. The van der Waals surface area contributed by atoms with Crippen LogP contribution in [-0.2, 0) is 6.18 Å². The third-order valence-electron chi connectivity index (χ3n) is 7.21. The molecule has 0 amide bonds. The summed E-state index contributed by atoms with van der Waals surface area (Å²) in [6, 6.07) is 4.48. The molecule has 0 radical (unpaired) electrons. The molecule has 4 rings (SSSR count). The van der Waals surface area contributed by atoms with E-state index in [0.29, 0.717) is 12.0 Å². The highest BCUT2D eigenvalue weighted by atomic mass is 19.4. The predicted octanol–water partition coefficient (Wildman–Crippen LogP) is 8.24. The molecule has 0 N–H and O–H groups in total. The van der Waals surface area contributed by atoms with Crippen LogP contribution in [0.2, 0.25) is 0 Å². The monoisotopic (exact) mass is 410 g/mol. The van der Waals surface area contributed by atoms with Crippen LogP contribution in [-0.4, -0.2) is 0 Å². The lowest BCUT2D eigenvalue weighted by Crippen LogP contribution is -2.30. The number of halogens is 5. The average Bonchev–Trinajstić information content (AvgIpc) is 2.66. The minimum Gasteiger partial charge on any atom is -0.206 e. The number of hydrogen-bond donors (Lipinski definition) is 0. The molecule has 2 saturated carbocycles. The van der Waals surface area contributed by atoms with Crippen LogP contribution in [0.3, 0.4) is 0 Å². The molecule has 4 unspecified atom stereocenters. The van der Waals surface area contributed by atoms with E-state index in [1.54, 1.807) is 6.07 Å². The Balaban J connectivity index is 1.58. The molecule has 2 aromatic rings. The summed E-state index contributed by atoms with van der Waals surface area (Å²) in [7, 11) is 0. The highest BCUT2D eigenvalue weighted by molar-refractivity contribution is 5.85. The van der Waals surface area contributed by atoms with Gasteiger partial charge in [-0.05, 0) is 84.9 Å². The SMILES string of the molecule is CCCC1CCC2CC(c3cc(F)c4cc(C(F)(F)F)c(F)cc4c3)CCC2C1. The molecule has 2 aromatic carbocycles. The summed E-state index contributed by atoms with van der Waals surface area (Å²) in [6.07, 6.45) is 4.55. The first-order chi connectivity index (χ1) is 13.8. The van der Waals surface area contributed by atoms with Crippen molar-refractivity contribution in [2.24, 2.45) is 17.8 Å². The zero-order valence-corrected chi connectivity index (χ0v) is 16.7. The van der Waals surface area contributed by atoms with Crippen molar-refractivity contribution in [2.45, 2.75) is 70.4 Å². The Kier molecular flexibility index (Phi) is 5.60. The van der Waals surface area contributed by atoms with Gasteiger partial charge in [0.1, 0.15) is 11.6 Å². The topological polar surface area (TPSA) is 0 Å². The number of fused-ring (bicyclic) bond motifs is 2. The van der Waals surface area contributed by atoms with E-state index in [-0.39, 0.29) is 16.7 Å². The summed E-state index contributed by atoms with van der Waals surface area (Å²) in [5, 5.41) is 0.0375. The summed E-state index contributed by atoms with van der Waals surface area (Å²) < 4.78 is 67.5. The first kappa shape index (κ1) is 20.6. The van der Waals surface area contributed by atoms with Gasteiger partial charge in [-0.1, -0.05) is 32.3 Å². The van der Waals surface area contributed by atoms with Gasteiger partial charge < -0.3 is 0 Å². The van der Waals surface area contributed by atoms with Crippen molar-refractivity contribution in [2.75, 3.05) is 0 Å². The van der Waals surface area contributed by atoms with Gasteiger partial charge >= 0.3 is 6.18 Å². The summed E-state index contributed by atoms with van der Waals surface area (Å²) in [6.45, 7) is 2.23. The normalized spacial score (nSPS) is 27.8. The zero-order chi connectivity index (χ0) is 20.8. The molecule has 0 saturated heterocycles. The fourth-order valence-electron chi connectivity index (χ4n) is 5.77. The van der Waals surface area contributed by atoms with Crippen molar-refractivity contribution in [1.82, 2.24) is 0 Å². The maximum atomic E-state index is 14.7. The third-order valence-corrected chi connectivity index (χ3v) is 7.21. The average molecular weight is 410 g/mol. The van der Waals surface area contributed by atoms with Crippen molar-refractivity contribution in [1.29, 1.82) is 0 Å². The lowest BCUT2D eigenvalue weighted by Gasteiger charge is -2.42. The van der Waals surface area contributed by atoms with Crippen molar-refractivity contribution in [3.05, 3.63) is 47.0 Å². The van der Waals surface area contributed by atoms with Crippen molar-refractivity contribution >= 4 is 10.8 Å². The van der Waals surface area contributed by atoms with E-state index in [1.165, 1.54) is 38.2 Å². The van der Waals surface area contributed by atoms with Crippen LogP contribution >= 0.6 is 0 Å². The van der Waals surface area contributed by atoms with Crippen molar-refractivity contribution in [3.63, 3.8) is 0 Å².